The fourth-order valence-corrected chi connectivity index (χ4v) is 3.91. The summed E-state index contributed by atoms with van der Waals surface area (Å²) in [7, 11) is 6.84. The van der Waals surface area contributed by atoms with Crippen LogP contribution in [0.2, 0.25) is 0 Å². The van der Waals surface area contributed by atoms with E-state index >= 15 is 0 Å². The van der Waals surface area contributed by atoms with Crippen LogP contribution in [0.3, 0.4) is 0 Å². The monoisotopic (exact) mass is 482 g/mol. The van der Waals surface area contributed by atoms with Crippen molar-refractivity contribution in [1.82, 2.24) is 9.80 Å². The molecule has 1 aliphatic heterocycles. The first-order valence-corrected chi connectivity index (χ1v) is 11.6. The van der Waals surface area contributed by atoms with Gasteiger partial charge in [-0.3, -0.25) is 9.59 Å². The van der Waals surface area contributed by atoms with Crippen molar-refractivity contribution in [3.8, 4) is 17.2 Å². The average molecular weight is 483 g/mol. The van der Waals surface area contributed by atoms with Crippen molar-refractivity contribution < 1.29 is 28.9 Å². The number of aliphatic hydroxyl groups excluding tert-OH is 1. The summed E-state index contributed by atoms with van der Waals surface area (Å²) in [6.45, 7) is 5.53. The van der Waals surface area contributed by atoms with Gasteiger partial charge in [0.15, 0.2) is 0 Å². The highest BCUT2D eigenvalue weighted by Crippen LogP contribution is 2.43. The van der Waals surface area contributed by atoms with Crippen LogP contribution in [0.5, 0.6) is 17.2 Å². The molecule has 8 heteroatoms. The predicted octanol–water partition coefficient (Wildman–Crippen LogP) is 3.72. The van der Waals surface area contributed by atoms with E-state index in [4.69, 9.17) is 14.2 Å². The molecular weight excluding hydrogens is 448 g/mol. The molecule has 0 spiro atoms. The Balaban J connectivity index is 2.10. The molecule has 0 bridgehead atoms. The first kappa shape index (κ1) is 26.1. The lowest BCUT2D eigenvalue weighted by molar-refractivity contribution is -0.140. The van der Waals surface area contributed by atoms with Crippen LogP contribution < -0.4 is 14.2 Å². The Morgan fingerprint density at radius 3 is 2.26 bits per heavy atom. The predicted molar refractivity (Wildman–Crippen MR) is 134 cm³/mol. The SMILES string of the molecule is COc1ccc([C@@H]2C(=C(O)c3ccc(OCC(C)C)cc3)C(=O)C(=O)N2CCN(C)C)c(OC)c1. The topological polar surface area (TPSA) is 88.5 Å². The molecule has 35 heavy (non-hydrogen) atoms. The van der Waals surface area contributed by atoms with Gasteiger partial charge >= 0.3 is 0 Å². The highest BCUT2D eigenvalue weighted by atomic mass is 16.5. The average Bonchev–Trinajstić information content (AvgIpc) is 3.10. The van der Waals surface area contributed by atoms with Crippen LogP contribution in [0.1, 0.15) is 31.0 Å². The third-order valence-electron chi connectivity index (χ3n) is 5.77. The van der Waals surface area contributed by atoms with Gasteiger partial charge in [-0.05, 0) is 56.4 Å². The number of methoxy groups -OCH3 is 2. The summed E-state index contributed by atoms with van der Waals surface area (Å²) in [4.78, 5) is 29.7. The molecule has 188 valence electrons. The van der Waals surface area contributed by atoms with E-state index in [1.54, 1.807) is 49.6 Å². The van der Waals surface area contributed by atoms with Crippen molar-refractivity contribution in [2.24, 2.45) is 5.92 Å². The van der Waals surface area contributed by atoms with Gasteiger partial charge in [0.1, 0.15) is 23.0 Å². The van der Waals surface area contributed by atoms with Crippen LogP contribution in [0.15, 0.2) is 48.0 Å². The van der Waals surface area contributed by atoms with E-state index in [0.717, 1.165) is 0 Å². The number of benzene rings is 2. The van der Waals surface area contributed by atoms with Crippen molar-refractivity contribution in [3.63, 3.8) is 0 Å². The van der Waals surface area contributed by atoms with Crippen LogP contribution in [-0.2, 0) is 9.59 Å². The number of likely N-dealkylation sites (tertiary alicyclic amines) is 1. The van der Waals surface area contributed by atoms with Crippen LogP contribution in [0, 0.1) is 5.92 Å². The molecule has 0 saturated carbocycles. The zero-order valence-electron chi connectivity index (χ0n) is 21.2. The van der Waals surface area contributed by atoms with E-state index < -0.39 is 17.7 Å². The molecule has 0 aromatic heterocycles. The Morgan fingerprint density at radius 1 is 1.03 bits per heavy atom. The third kappa shape index (κ3) is 5.77. The van der Waals surface area contributed by atoms with Crippen molar-refractivity contribution in [1.29, 1.82) is 0 Å². The minimum atomic E-state index is -0.812. The number of amides is 1. The first-order valence-electron chi connectivity index (χ1n) is 11.6. The number of nitrogens with zero attached hydrogens (tertiary/aromatic N) is 2. The Labute approximate surface area is 206 Å². The first-order chi connectivity index (χ1) is 16.7. The van der Waals surface area contributed by atoms with Crippen LogP contribution in [0.25, 0.3) is 5.76 Å². The van der Waals surface area contributed by atoms with E-state index in [9.17, 15) is 14.7 Å². The van der Waals surface area contributed by atoms with E-state index in [1.807, 2.05) is 19.0 Å². The van der Waals surface area contributed by atoms with Gasteiger partial charge in [-0.1, -0.05) is 13.8 Å². The van der Waals surface area contributed by atoms with Crippen LogP contribution >= 0.6 is 0 Å². The second-order valence-electron chi connectivity index (χ2n) is 9.13. The minimum absolute atomic E-state index is 0.0214. The quantitative estimate of drug-likeness (QED) is 0.314. The number of Topliss-reactive ketones (excluding diaryl/α,β-unsaturated/α-hetero) is 1. The fraction of sp³-hybridized carbons (Fsp3) is 0.407. The van der Waals surface area contributed by atoms with Gasteiger partial charge < -0.3 is 29.1 Å². The molecule has 1 atom stereocenters. The van der Waals surface area contributed by atoms with E-state index in [2.05, 4.69) is 13.8 Å². The van der Waals surface area contributed by atoms with Gasteiger partial charge in [0.25, 0.3) is 11.7 Å². The zero-order chi connectivity index (χ0) is 25.7. The molecule has 3 rings (SSSR count). The van der Waals surface area contributed by atoms with E-state index in [-0.39, 0.29) is 11.3 Å². The molecule has 1 N–H and O–H groups in total. The van der Waals surface area contributed by atoms with Crippen molar-refractivity contribution in [3.05, 3.63) is 59.2 Å². The molecule has 1 fully saturated rings. The molecule has 0 aliphatic carbocycles. The lowest BCUT2D eigenvalue weighted by Crippen LogP contribution is -2.35. The van der Waals surface area contributed by atoms with Crippen molar-refractivity contribution in [2.45, 2.75) is 19.9 Å². The second-order valence-corrected chi connectivity index (χ2v) is 9.13. The summed E-state index contributed by atoms with van der Waals surface area (Å²) in [5.74, 6) is 0.435. The molecule has 1 aliphatic rings. The lowest BCUT2D eigenvalue weighted by atomic mass is 9.94. The number of hydrogen-bond acceptors (Lipinski definition) is 7. The maximum atomic E-state index is 13.2. The van der Waals surface area contributed by atoms with Gasteiger partial charge in [0, 0.05) is 30.3 Å². The number of aliphatic hydroxyl groups is 1. The van der Waals surface area contributed by atoms with Crippen molar-refractivity contribution >= 4 is 17.4 Å². The molecule has 1 amide bonds. The normalized spacial score (nSPS) is 17.4. The summed E-state index contributed by atoms with van der Waals surface area (Å²) in [6, 6.07) is 11.2. The minimum Gasteiger partial charge on any atom is -0.507 e. The molecule has 1 heterocycles. The standard InChI is InChI=1S/C27H34N2O6/c1-17(2)16-35-19-9-7-18(8-10-19)25(30)23-24(21-12-11-20(33-5)15-22(21)34-6)29(14-13-28(3)4)27(32)26(23)31/h7-12,15,17,24,30H,13-14,16H2,1-6H3/t24-/m1/s1. The third-order valence-corrected chi connectivity index (χ3v) is 5.77. The summed E-state index contributed by atoms with van der Waals surface area (Å²) in [5.41, 5.74) is 1.03. The van der Waals surface area contributed by atoms with Gasteiger partial charge in [-0.15, -0.1) is 0 Å². The Morgan fingerprint density at radius 2 is 1.69 bits per heavy atom. The summed E-state index contributed by atoms with van der Waals surface area (Å²) < 4.78 is 16.6. The lowest BCUT2D eigenvalue weighted by Gasteiger charge is -2.27. The molecule has 2 aromatic rings. The molecule has 0 radical (unpaired) electrons. The Bertz CT molecular complexity index is 1090. The summed E-state index contributed by atoms with van der Waals surface area (Å²) >= 11 is 0. The number of rotatable bonds is 10. The number of hydrogen-bond donors (Lipinski definition) is 1. The van der Waals surface area contributed by atoms with Gasteiger partial charge in [-0.2, -0.15) is 0 Å². The molecule has 0 unspecified atom stereocenters. The number of carbonyl (C=O) groups excluding carboxylic acids is 2. The Hall–Kier alpha value is -3.52. The summed E-state index contributed by atoms with van der Waals surface area (Å²) in [5, 5.41) is 11.3. The molecule has 2 aromatic carbocycles. The highest BCUT2D eigenvalue weighted by molar-refractivity contribution is 6.46. The van der Waals surface area contributed by atoms with E-state index in [0.29, 0.717) is 54.0 Å². The maximum absolute atomic E-state index is 13.2. The van der Waals surface area contributed by atoms with Gasteiger partial charge in [-0.25, -0.2) is 0 Å². The maximum Gasteiger partial charge on any atom is 0.295 e. The largest absolute Gasteiger partial charge is 0.507 e. The molecular formula is C27H34N2O6. The van der Waals surface area contributed by atoms with E-state index in [1.165, 1.54) is 12.0 Å². The number of carbonyl (C=O) groups is 2. The molecule has 8 nitrogen and oxygen atoms in total. The van der Waals surface area contributed by atoms with Crippen LogP contribution in [0.4, 0.5) is 0 Å². The Kier molecular flexibility index (Phi) is 8.40. The smallest absolute Gasteiger partial charge is 0.295 e. The van der Waals surface area contributed by atoms with Crippen LogP contribution in [-0.4, -0.2) is 74.6 Å². The summed E-state index contributed by atoms with van der Waals surface area (Å²) in [6.07, 6.45) is 0. The van der Waals surface area contributed by atoms with Crippen molar-refractivity contribution in [2.75, 3.05) is 48.0 Å². The highest BCUT2D eigenvalue weighted by Gasteiger charge is 2.47. The molecule has 1 saturated heterocycles. The fourth-order valence-electron chi connectivity index (χ4n) is 3.91. The number of ether oxygens (including phenoxy) is 3. The second kappa shape index (κ2) is 11.3. The number of likely N-dealkylation sites (N-methyl/N-ethyl adjacent to an activating group) is 1. The van der Waals surface area contributed by atoms with Gasteiger partial charge in [0.05, 0.1) is 32.4 Å². The van der Waals surface area contributed by atoms with Gasteiger partial charge in [0.2, 0.25) is 0 Å². The zero-order valence-corrected chi connectivity index (χ0v) is 21.2. The number of ketones is 1.